The Morgan fingerprint density at radius 1 is 0.880 bits per heavy atom. The number of rotatable bonds is 7. The summed E-state index contributed by atoms with van der Waals surface area (Å²) in [5.41, 5.74) is 2.41. The summed E-state index contributed by atoms with van der Waals surface area (Å²) in [6.45, 7) is 1.58. The van der Waals surface area contributed by atoms with Crippen LogP contribution >= 0.6 is 11.9 Å². The van der Waals surface area contributed by atoms with E-state index in [1.165, 1.54) is 11.1 Å². The number of pyridine rings is 1. The van der Waals surface area contributed by atoms with Crippen molar-refractivity contribution in [1.82, 2.24) is 9.29 Å². The number of nitrogens with zero attached hydrogens (tertiary/aromatic N) is 2. The Kier molecular flexibility index (Phi) is 5.93. The van der Waals surface area contributed by atoms with Gasteiger partial charge in [-0.15, -0.1) is 0 Å². The molecule has 3 aromatic rings. The summed E-state index contributed by atoms with van der Waals surface area (Å²) in [6, 6.07) is 19.4. The van der Waals surface area contributed by atoms with Gasteiger partial charge in [0.1, 0.15) is 11.5 Å². The van der Waals surface area contributed by atoms with E-state index in [1.54, 1.807) is 31.2 Å². The predicted octanol–water partition coefficient (Wildman–Crippen LogP) is 4.51. The Hall–Kier alpha value is -2.50. The molecule has 4 nitrogen and oxygen atoms in total. The van der Waals surface area contributed by atoms with Gasteiger partial charge in [0.25, 0.3) is 0 Å². The van der Waals surface area contributed by atoms with Crippen molar-refractivity contribution < 1.29 is 9.84 Å². The second-order valence-electron chi connectivity index (χ2n) is 5.59. The van der Waals surface area contributed by atoms with Crippen molar-refractivity contribution in [3.05, 3.63) is 84.2 Å². The van der Waals surface area contributed by atoms with Gasteiger partial charge in [0.05, 0.1) is 7.11 Å². The van der Waals surface area contributed by atoms with Crippen molar-refractivity contribution in [1.29, 1.82) is 0 Å². The van der Waals surface area contributed by atoms with Crippen molar-refractivity contribution in [2.45, 2.75) is 18.0 Å². The van der Waals surface area contributed by atoms with Gasteiger partial charge in [-0.1, -0.05) is 12.1 Å². The molecule has 0 saturated heterocycles. The summed E-state index contributed by atoms with van der Waals surface area (Å²) in [6.07, 6.45) is 3.62. The first-order chi connectivity index (χ1) is 12.2. The molecule has 0 fully saturated rings. The maximum Gasteiger partial charge on any atom is 0.118 e. The number of phenolic OH excluding ortho intramolecular Hbond substituents is 1. The second-order valence-corrected chi connectivity index (χ2v) is 6.76. The van der Waals surface area contributed by atoms with E-state index < -0.39 is 0 Å². The van der Waals surface area contributed by atoms with E-state index in [-0.39, 0.29) is 5.75 Å². The molecule has 0 saturated carbocycles. The minimum absolute atomic E-state index is 0.278. The van der Waals surface area contributed by atoms with E-state index in [1.807, 2.05) is 48.8 Å². The molecule has 0 aliphatic rings. The first kappa shape index (κ1) is 17.3. The fraction of sp³-hybridized carbons (Fsp3) is 0.150. The minimum atomic E-state index is 0.278. The van der Waals surface area contributed by atoms with Crippen LogP contribution in [0.5, 0.6) is 11.5 Å². The summed E-state index contributed by atoms with van der Waals surface area (Å²) in [5, 5.41) is 9.47. The lowest BCUT2D eigenvalue weighted by Crippen LogP contribution is -2.15. The molecule has 0 bridgehead atoms. The molecular weight excluding hydrogens is 332 g/mol. The van der Waals surface area contributed by atoms with Gasteiger partial charge in [-0.05, 0) is 71.6 Å². The van der Waals surface area contributed by atoms with Crippen molar-refractivity contribution in [3.8, 4) is 11.5 Å². The van der Waals surface area contributed by atoms with E-state index in [0.717, 1.165) is 23.7 Å². The number of benzene rings is 2. The highest BCUT2D eigenvalue weighted by molar-refractivity contribution is 7.97. The third-order valence-corrected chi connectivity index (χ3v) is 4.70. The van der Waals surface area contributed by atoms with Gasteiger partial charge in [0, 0.05) is 30.4 Å². The lowest BCUT2D eigenvalue weighted by atomic mass is 10.2. The van der Waals surface area contributed by atoms with E-state index in [2.05, 4.69) is 21.4 Å². The maximum absolute atomic E-state index is 9.47. The molecular formula is C20H20N2O2S. The van der Waals surface area contributed by atoms with Crippen molar-refractivity contribution in [2.24, 2.45) is 0 Å². The van der Waals surface area contributed by atoms with Gasteiger partial charge in [-0.3, -0.25) is 4.98 Å². The Bertz CT molecular complexity index is 777. The Morgan fingerprint density at radius 3 is 2.08 bits per heavy atom. The molecule has 0 aliphatic carbocycles. The summed E-state index contributed by atoms with van der Waals surface area (Å²) in [7, 11) is 1.67. The zero-order chi connectivity index (χ0) is 17.5. The fourth-order valence-corrected chi connectivity index (χ4v) is 3.39. The highest BCUT2D eigenvalue weighted by atomic mass is 32.2. The Balaban J connectivity index is 1.76. The van der Waals surface area contributed by atoms with Gasteiger partial charge >= 0.3 is 0 Å². The normalized spacial score (nSPS) is 10.8. The number of aromatic nitrogens is 1. The van der Waals surface area contributed by atoms with Gasteiger partial charge < -0.3 is 9.84 Å². The smallest absolute Gasteiger partial charge is 0.118 e. The number of hydrogen-bond donors (Lipinski definition) is 1. The Morgan fingerprint density at radius 2 is 1.48 bits per heavy atom. The summed E-state index contributed by atoms with van der Waals surface area (Å²) in [5.74, 6) is 1.14. The lowest BCUT2D eigenvalue weighted by Gasteiger charge is -2.21. The van der Waals surface area contributed by atoms with E-state index in [0.29, 0.717) is 0 Å². The molecule has 1 aromatic heterocycles. The van der Waals surface area contributed by atoms with Gasteiger partial charge in [0.2, 0.25) is 0 Å². The van der Waals surface area contributed by atoms with Crippen LogP contribution in [0.2, 0.25) is 0 Å². The number of methoxy groups -OCH3 is 1. The van der Waals surface area contributed by atoms with Gasteiger partial charge in [-0.25, -0.2) is 4.31 Å². The molecule has 0 unspecified atom stereocenters. The summed E-state index contributed by atoms with van der Waals surface area (Å²) in [4.78, 5) is 5.17. The molecule has 3 rings (SSSR count). The average Bonchev–Trinajstić information content (AvgIpc) is 2.65. The van der Waals surface area contributed by atoms with Crippen molar-refractivity contribution >= 4 is 11.9 Å². The van der Waals surface area contributed by atoms with Crippen LogP contribution in [0, 0.1) is 0 Å². The van der Waals surface area contributed by atoms with Crippen LogP contribution in [-0.4, -0.2) is 21.5 Å². The van der Waals surface area contributed by atoms with Gasteiger partial charge in [-0.2, -0.15) is 0 Å². The maximum atomic E-state index is 9.47. The van der Waals surface area contributed by atoms with Gasteiger partial charge in [0.15, 0.2) is 0 Å². The second kappa shape index (κ2) is 8.55. The fourth-order valence-electron chi connectivity index (χ4n) is 2.40. The first-order valence-electron chi connectivity index (χ1n) is 7.97. The molecule has 0 aliphatic heterocycles. The molecule has 128 valence electrons. The van der Waals surface area contributed by atoms with Crippen LogP contribution in [-0.2, 0) is 13.1 Å². The average molecular weight is 352 g/mol. The monoisotopic (exact) mass is 352 g/mol. The highest BCUT2D eigenvalue weighted by Gasteiger charge is 2.10. The van der Waals surface area contributed by atoms with Crippen LogP contribution < -0.4 is 4.74 Å². The van der Waals surface area contributed by atoms with E-state index in [9.17, 15) is 5.11 Å². The number of aromatic hydroxyl groups is 1. The largest absolute Gasteiger partial charge is 0.508 e. The molecule has 1 heterocycles. The van der Waals surface area contributed by atoms with Crippen molar-refractivity contribution in [3.63, 3.8) is 0 Å². The molecule has 1 N–H and O–H groups in total. The van der Waals surface area contributed by atoms with Crippen LogP contribution in [0.25, 0.3) is 0 Å². The topological polar surface area (TPSA) is 45.6 Å². The summed E-state index contributed by atoms with van der Waals surface area (Å²) < 4.78 is 7.51. The van der Waals surface area contributed by atoms with Crippen LogP contribution in [0.15, 0.2) is 78.0 Å². The van der Waals surface area contributed by atoms with E-state index >= 15 is 0 Å². The van der Waals surface area contributed by atoms with Crippen LogP contribution in [0.4, 0.5) is 0 Å². The highest BCUT2D eigenvalue weighted by Crippen LogP contribution is 2.28. The first-order valence-corrected chi connectivity index (χ1v) is 8.74. The Labute approximate surface area is 152 Å². The molecule has 5 heteroatoms. The van der Waals surface area contributed by atoms with Crippen LogP contribution in [0.3, 0.4) is 0 Å². The zero-order valence-corrected chi connectivity index (χ0v) is 14.8. The van der Waals surface area contributed by atoms with Crippen LogP contribution in [0.1, 0.15) is 11.1 Å². The molecule has 25 heavy (non-hydrogen) atoms. The SMILES string of the molecule is COc1ccc(CN(Cc2ccncc2)Sc2ccc(O)cc2)cc1. The number of ether oxygens (including phenoxy) is 1. The standard InChI is InChI=1S/C20H20N2O2S/c1-24-19-6-2-16(3-7-19)14-22(15-17-10-12-21-13-11-17)25-20-8-4-18(23)5-9-20/h2-13,23H,14-15H2,1H3. The molecule has 0 radical (unpaired) electrons. The molecule has 0 spiro atoms. The minimum Gasteiger partial charge on any atom is -0.508 e. The predicted molar refractivity (Wildman–Crippen MR) is 100 cm³/mol. The molecule has 0 amide bonds. The van der Waals surface area contributed by atoms with E-state index in [4.69, 9.17) is 4.74 Å². The quantitative estimate of drug-likeness (QED) is 0.634. The van der Waals surface area contributed by atoms with Crippen molar-refractivity contribution in [2.75, 3.05) is 7.11 Å². The summed E-state index contributed by atoms with van der Waals surface area (Å²) >= 11 is 1.67. The lowest BCUT2D eigenvalue weighted by molar-refractivity contribution is 0.414. The number of hydrogen-bond acceptors (Lipinski definition) is 5. The number of phenols is 1. The zero-order valence-electron chi connectivity index (χ0n) is 14.0. The molecule has 0 atom stereocenters. The molecule has 2 aromatic carbocycles. The third-order valence-electron chi connectivity index (χ3n) is 3.70. The third kappa shape index (κ3) is 5.24.